The van der Waals surface area contributed by atoms with E-state index in [0.29, 0.717) is 4.88 Å². The fraction of sp³-hybridized carbons (Fsp3) is 0.533. The van der Waals surface area contributed by atoms with Gasteiger partial charge in [-0.3, -0.25) is 9.59 Å². The van der Waals surface area contributed by atoms with Crippen LogP contribution in [0.4, 0.5) is 5.13 Å². The van der Waals surface area contributed by atoms with E-state index < -0.39 is 0 Å². The minimum atomic E-state index is 0.0557. The standard InChI is InChI=1S/C15H21N3O2S2/c1-5-10(14(20)17(2)3)6-7-18(4)15-16-13-12(22-15)8-11(9-19)21-13/h8-10H,5-7H2,1-4H3. The Morgan fingerprint density at radius 1 is 1.36 bits per heavy atom. The van der Waals surface area contributed by atoms with Crippen LogP contribution in [0.3, 0.4) is 0 Å². The van der Waals surface area contributed by atoms with Crippen LogP contribution in [0.15, 0.2) is 6.07 Å². The normalized spacial score (nSPS) is 12.4. The molecule has 0 fully saturated rings. The highest BCUT2D eigenvalue weighted by atomic mass is 32.1. The van der Waals surface area contributed by atoms with E-state index in [4.69, 9.17) is 0 Å². The summed E-state index contributed by atoms with van der Waals surface area (Å²) in [5.41, 5.74) is 0. The highest BCUT2D eigenvalue weighted by Crippen LogP contribution is 2.33. The van der Waals surface area contributed by atoms with E-state index in [1.54, 1.807) is 30.3 Å². The summed E-state index contributed by atoms with van der Waals surface area (Å²) in [7, 11) is 5.60. The molecule has 0 saturated carbocycles. The fourth-order valence-corrected chi connectivity index (χ4v) is 4.30. The smallest absolute Gasteiger partial charge is 0.225 e. The van der Waals surface area contributed by atoms with Gasteiger partial charge >= 0.3 is 0 Å². The molecule has 5 nitrogen and oxygen atoms in total. The third kappa shape index (κ3) is 3.64. The van der Waals surface area contributed by atoms with Gasteiger partial charge in [-0.1, -0.05) is 18.3 Å². The lowest BCUT2D eigenvalue weighted by Gasteiger charge is -2.22. The predicted octanol–water partition coefficient (Wildman–Crippen LogP) is 3.11. The first-order valence-electron chi connectivity index (χ1n) is 7.24. The molecule has 2 heterocycles. The molecule has 2 aromatic heterocycles. The lowest BCUT2D eigenvalue weighted by molar-refractivity contribution is -0.133. The molecule has 1 atom stereocenters. The maximum Gasteiger partial charge on any atom is 0.225 e. The number of aromatic nitrogens is 1. The Labute approximate surface area is 138 Å². The molecule has 1 amide bonds. The lowest BCUT2D eigenvalue weighted by atomic mass is 10.0. The molecular weight excluding hydrogens is 318 g/mol. The summed E-state index contributed by atoms with van der Waals surface area (Å²) >= 11 is 3.00. The number of thiazole rings is 1. The van der Waals surface area contributed by atoms with Crippen LogP contribution < -0.4 is 4.90 Å². The van der Waals surface area contributed by atoms with Gasteiger partial charge in [0.05, 0.1) is 9.58 Å². The first-order valence-corrected chi connectivity index (χ1v) is 8.87. The molecule has 7 heteroatoms. The van der Waals surface area contributed by atoms with Gasteiger partial charge in [0, 0.05) is 33.6 Å². The van der Waals surface area contributed by atoms with Crippen molar-refractivity contribution >= 4 is 49.5 Å². The van der Waals surface area contributed by atoms with Gasteiger partial charge in [-0.2, -0.15) is 0 Å². The first kappa shape index (κ1) is 16.9. The number of anilines is 1. The summed E-state index contributed by atoms with van der Waals surface area (Å²) in [5, 5.41) is 0.936. The third-order valence-electron chi connectivity index (χ3n) is 3.64. The summed E-state index contributed by atoms with van der Waals surface area (Å²) in [6.07, 6.45) is 2.53. The summed E-state index contributed by atoms with van der Waals surface area (Å²) in [4.78, 5) is 32.8. The number of thiophene rings is 1. The van der Waals surface area contributed by atoms with Crippen molar-refractivity contribution < 1.29 is 9.59 Å². The summed E-state index contributed by atoms with van der Waals surface area (Å²) in [6, 6.07) is 1.88. The Kier molecular flexibility index (Phi) is 5.52. The van der Waals surface area contributed by atoms with E-state index in [9.17, 15) is 9.59 Å². The van der Waals surface area contributed by atoms with Crippen LogP contribution in [0.5, 0.6) is 0 Å². The van der Waals surface area contributed by atoms with E-state index in [1.165, 1.54) is 11.3 Å². The molecule has 0 aliphatic heterocycles. The van der Waals surface area contributed by atoms with Crippen LogP contribution in [-0.4, -0.2) is 49.8 Å². The molecule has 0 radical (unpaired) electrons. The van der Waals surface area contributed by atoms with Crippen molar-refractivity contribution in [3.8, 4) is 0 Å². The summed E-state index contributed by atoms with van der Waals surface area (Å²) in [6.45, 7) is 2.84. The van der Waals surface area contributed by atoms with Crippen molar-refractivity contribution in [3.05, 3.63) is 10.9 Å². The number of nitrogens with zero attached hydrogens (tertiary/aromatic N) is 3. The molecule has 0 bridgehead atoms. The molecule has 22 heavy (non-hydrogen) atoms. The van der Waals surface area contributed by atoms with Crippen molar-refractivity contribution in [2.45, 2.75) is 19.8 Å². The maximum absolute atomic E-state index is 12.1. The minimum absolute atomic E-state index is 0.0557. The highest BCUT2D eigenvalue weighted by molar-refractivity contribution is 7.29. The van der Waals surface area contributed by atoms with Crippen LogP contribution in [0, 0.1) is 5.92 Å². The van der Waals surface area contributed by atoms with Gasteiger partial charge in [0.2, 0.25) is 5.91 Å². The predicted molar refractivity (Wildman–Crippen MR) is 93.2 cm³/mol. The van der Waals surface area contributed by atoms with Crippen molar-refractivity contribution in [3.63, 3.8) is 0 Å². The van der Waals surface area contributed by atoms with Gasteiger partial charge in [-0.25, -0.2) is 4.98 Å². The average Bonchev–Trinajstić information content (AvgIpc) is 3.05. The second kappa shape index (κ2) is 7.19. The number of aldehydes is 1. The number of carbonyl (C=O) groups is 2. The minimum Gasteiger partial charge on any atom is -0.351 e. The van der Waals surface area contributed by atoms with Crippen LogP contribution in [0.1, 0.15) is 29.4 Å². The summed E-state index contributed by atoms with van der Waals surface area (Å²) in [5.74, 6) is 0.242. The number of hydrogen-bond donors (Lipinski definition) is 0. The zero-order chi connectivity index (χ0) is 16.3. The topological polar surface area (TPSA) is 53.5 Å². The van der Waals surface area contributed by atoms with Gasteiger partial charge < -0.3 is 9.80 Å². The van der Waals surface area contributed by atoms with E-state index in [2.05, 4.69) is 9.88 Å². The Balaban J connectivity index is 2.00. The molecule has 1 unspecified atom stereocenters. The Hall–Kier alpha value is -1.47. The Bertz CT molecular complexity index is 631. The monoisotopic (exact) mass is 339 g/mol. The van der Waals surface area contributed by atoms with Crippen LogP contribution in [0.25, 0.3) is 9.53 Å². The largest absolute Gasteiger partial charge is 0.351 e. The Morgan fingerprint density at radius 3 is 2.64 bits per heavy atom. The van der Waals surface area contributed by atoms with Crippen LogP contribution in [0.2, 0.25) is 0 Å². The van der Waals surface area contributed by atoms with E-state index in [1.807, 2.05) is 20.0 Å². The van der Waals surface area contributed by atoms with E-state index in [-0.39, 0.29) is 11.8 Å². The molecule has 120 valence electrons. The van der Waals surface area contributed by atoms with Gasteiger partial charge in [0.1, 0.15) is 4.83 Å². The van der Waals surface area contributed by atoms with E-state index >= 15 is 0 Å². The fourth-order valence-electron chi connectivity index (χ4n) is 2.28. The van der Waals surface area contributed by atoms with Gasteiger partial charge in [0.15, 0.2) is 11.4 Å². The summed E-state index contributed by atoms with van der Waals surface area (Å²) < 4.78 is 1.05. The van der Waals surface area contributed by atoms with Crippen molar-refractivity contribution in [1.82, 2.24) is 9.88 Å². The highest BCUT2D eigenvalue weighted by Gasteiger charge is 2.19. The van der Waals surface area contributed by atoms with Gasteiger partial charge in [0.25, 0.3) is 0 Å². The first-order chi connectivity index (χ1) is 10.5. The number of amides is 1. The Morgan fingerprint density at radius 2 is 2.09 bits per heavy atom. The number of rotatable bonds is 7. The SMILES string of the molecule is CCC(CCN(C)c1nc2sc(C=O)cc2s1)C(=O)N(C)C. The van der Waals surface area contributed by atoms with E-state index in [0.717, 1.165) is 40.3 Å². The molecule has 0 spiro atoms. The second-order valence-corrected chi connectivity index (χ2v) is 7.55. The molecule has 0 aliphatic rings. The number of carbonyl (C=O) groups excluding carboxylic acids is 2. The lowest BCUT2D eigenvalue weighted by Crippen LogP contribution is -2.32. The molecule has 2 rings (SSSR count). The van der Waals surface area contributed by atoms with Crippen molar-refractivity contribution in [1.29, 1.82) is 0 Å². The van der Waals surface area contributed by atoms with Crippen LogP contribution in [-0.2, 0) is 4.79 Å². The van der Waals surface area contributed by atoms with Gasteiger partial charge in [-0.05, 0) is 18.9 Å². The molecular formula is C15H21N3O2S2. The molecule has 2 aromatic rings. The quantitative estimate of drug-likeness (QED) is 0.727. The van der Waals surface area contributed by atoms with Crippen LogP contribution >= 0.6 is 22.7 Å². The van der Waals surface area contributed by atoms with Gasteiger partial charge in [-0.15, -0.1) is 11.3 Å². The molecule has 0 saturated heterocycles. The molecule has 0 N–H and O–H groups in total. The third-order valence-corrected chi connectivity index (χ3v) is 5.84. The van der Waals surface area contributed by atoms with Crippen molar-refractivity contribution in [2.75, 3.05) is 32.6 Å². The number of hydrogen-bond acceptors (Lipinski definition) is 6. The number of fused-ring (bicyclic) bond motifs is 1. The molecule has 0 aliphatic carbocycles. The second-order valence-electron chi connectivity index (χ2n) is 5.48. The molecule has 0 aromatic carbocycles. The zero-order valence-corrected chi connectivity index (χ0v) is 15.0. The average molecular weight is 339 g/mol. The maximum atomic E-state index is 12.1. The van der Waals surface area contributed by atoms with Crippen molar-refractivity contribution in [2.24, 2.45) is 5.92 Å². The zero-order valence-electron chi connectivity index (χ0n) is 13.3.